The molecule has 3 aromatic carbocycles. The fourth-order valence-corrected chi connectivity index (χ4v) is 4.39. The van der Waals surface area contributed by atoms with Gasteiger partial charge in [-0.15, -0.1) is 0 Å². The third-order valence-electron chi connectivity index (χ3n) is 5.71. The predicted molar refractivity (Wildman–Crippen MR) is 113 cm³/mol. The molecular weight excluding hydrogens is 368 g/mol. The summed E-state index contributed by atoms with van der Waals surface area (Å²) >= 11 is 5.90. The smallest absolute Gasteiger partial charge is 0.343 e. The standard InChI is InChI=1S/C25H23ClO2/c26-22-14-12-19(13-15-22)24(27)28-23-11-7-10-21(18-23)25(16-5-2-6-17-25)20-8-3-1-4-9-20/h1,3-4,7-15,18H,2,5-6,16-17H2. The quantitative estimate of drug-likeness (QED) is 0.361. The molecule has 0 aromatic heterocycles. The van der Waals surface area contributed by atoms with Crippen LogP contribution >= 0.6 is 11.6 Å². The van der Waals surface area contributed by atoms with Gasteiger partial charge in [0.05, 0.1) is 5.56 Å². The maximum atomic E-state index is 12.5. The second-order valence-corrected chi connectivity index (χ2v) is 7.87. The highest BCUT2D eigenvalue weighted by atomic mass is 35.5. The molecule has 142 valence electrons. The minimum Gasteiger partial charge on any atom is -0.423 e. The Hall–Kier alpha value is -2.58. The second-order valence-electron chi connectivity index (χ2n) is 7.43. The average molecular weight is 391 g/mol. The summed E-state index contributed by atoms with van der Waals surface area (Å²) in [6.07, 6.45) is 5.93. The van der Waals surface area contributed by atoms with E-state index in [-0.39, 0.29) is 11.4 Å². The Bertz CT molecular complexity index is 942. The largest absolute Gasteiger partial charge is 0.423 e. The van der Waals surface area contributed by atoms with E-state index < -0.39 is 0 Å². The summed E-state index contributed by atoms with van der Waals surface area (Å²) in [6, 6.07) is 25.5. The van der Waals surface area contributed by atoms with Crippen molar-refractivity contribution >= 4 is 17.6 Å². The zero-order valence-corrected chi connectivity index (χ0v) is 16.5. The summed E-state index contributed by atoms with van der Waals surface area (Å²) in [6.45, 7) is 0. The van der Waals surface area contributed by atoms with Crippen LogP contribution in [0.2, 0.25) is 5.02 Å². The van der Waals surface area contributed by atoms with Crippen LogP contribution in [0.5, 0.6) is 5.75 Å². The van der Waals surface area contributed by atoms with Crippen molar-refractivity contribution in [3.8, 4) is 5.75 Å². The van der Waals surface area contributed by atoms with Gasteiger partial charge in [0.1, 0.15) is 5.75 Å². The Kier molecular flexibility index (Phi) is 5.50. The van der Waals surface area contributed by atoms with E-state index in [1.165, 1.54) is 30.4 Å². The van der Waals surface area contributed by atoms with Crippen LogP contribution in [0.15, 0.2) is 78.9 Å². The molecule has 0 atom stereocenters. The molecule has 1 fully saturated rings. The molecule has 1 saturated carbocycles. The fourth-order valence-electron chi connectivity index (χ4n) is 4.27. The molecule has 0 heterocycles. The van der Waals surface area contributed by atoms with Gasteiger partial charge in [0.25, 0.3) is 0 Å². The van der Waals surface area contributed by atoms with Crippen LogP contribution in [0.25, 0.3) is 0 Å². The van der Waals surface area contributed by atoms with Crippen LogP contribution in [0, 0.1) is 0 Å². The molecule has 0 aliphatic heterocycles. The van der Waals surface area contributed by atoms with Crippen LogP contribution in [0.1, 0.15) is 53.6 Å². The van der Waals surface area contributed by atoms with E-state index in [0.717, 1.165) is 12.8 Å². The van der Waals surface area contributed by atoms with Gasteiger partial charge in [0.15, 0.2) is 0 Å². The lowest BCUT2D eigenvalue weighted by molar-refractivity contribution is 0.0734. The van der Waals surface area contributed by atoms with Gasteiger partial charge in [-0.2, -0.15) is 0 Å². The lowest BCUT2D eigenvalue weighted by Gasteiger charge is -2.38. The van der Waals surface area contributed by atoms with Crippen molar-refractivity contribution in [3.05, 3.63) is 101 Å². The van der Waals surface area contributed by atoms with Crippen LogP contribution in [-0.4, -0.2) is 5.97 Å². The molecule has 0 bridgehead atoms. The van der Waals surface area contributed by atoms with Crippen LogP contribution < -0.4 is 4.74 Å². The van der Waals surface area contributed by atoms with Crippen molar-refractivity contribution in [2.75, 3.05) is 0 Å². The molecule has 0 saturated heterocycles. The van der Waals surface area contributed by atoms with Crippen molar-refractivity contribution in [1.82, 2.24) is 0 Å². The van der Waals surface area contributed by atoms with E-state index in [1.807, 2.05) is 18.2 Å². The summed E-state index contributed by atoms with van der Waals surface area (Å²) < 4.78 is 5.67. The van der Waals surface area contributed by atoms with Crippen LogP contribution in [0.4, 0.5) is 0 Å². The van der Waals surface area contributed by atoms with E-state index in [4.69, 9.17) is 16.3 Å². The number of ether oxygens (including phenoxy) is 1. The number of esters is 1. The normalized spacial score (nSPS) is 15.8. The zero-order chi connectivity index (χ0) is 19.4. The number of halogens is 1. The van der Waals surface area contributed by atoms with Crippen LogP contribution in [-0.2, 0) is 5.41 Å². The molecule has 0 N–H and O–H groups in total. The molecule has 2 nitrogen and oxygen atoms in total. The first kappa shape index (κ1) is 18.8. The number of carbonyl (C=O) groups is 1. The van der Waals surface area contributed by atoms with Crippen molar-refractivity contribution in [2.24, 2.45) is 0 Å². The SMILES string of the molecule is O=C(Oc1cccc(C2(c3ccccc3)CCCCC2)c1)c1ccc(Cl)cc1. The predicted octanol–water partition coefficient (Wildman–Crippen LogP) is 6.81. The first-order valence-electron chi connectivity index (χ1n) is 9.81. The van der Waals surface area contributed by atoms with Gasteiger partial charge in [-0.3, -0.25) is 0 Å². The molecule has 0 spiro atoms. The first-order valence-corrected chi connectivity index (χ1v) is 10.2. The monoisotopic (exact) mass is 390 g/mol. The van der Waals surface area contributed by atoms with Crippen molar-refractivity contribution < 1.29 is 9.53 Å². The summed E-state index contributed by atoms with van der Waals surface area (Å²) in [5.41, 5.74) is 3.04. The number of hydrogen-bond donors (Lipinski definition) is 0. The van der Waals surface area contributed by atoms with Gasteiger partial charge in [0, 0.05) is 10.4 Å². The fraction of sp³-hybridized carbons (Fsp3) is 0.240. The molecule has 3 heteroatoms. The summed E-state index contributed by atoms with van der Waals surface area (Å²) in [7, 11) is 0. The van der Waals surface area contributed by atoms with Crippen LogP contribution in [0.3, 0.4) is 0 Å². The molecule has 4 rings (SSSR count). The maximum Gasteiger partial charge on any atom is 0.343 e. The topological polar surface area (TPSA) is 26.3 Å². The van der Waals surface area contributed by atoms with E-state index in [9.17, 15) is 4.79 Å². The molecule has 0 amide bonds. The Morgan fingerprint density at radius 3 is 2.18 bits per heavy atom. The van der Waals surface area contributed by atoms with E-state index in [1.54, 1.807) is 24.3 Å². The maximum absolute atomic E-state index is 12.5. The Morgan fingerprint density at radius 2 is 1.46 bits per heavy atom. The number of rotatable bonds is 4. The molecule has 28 heavy (non-hydrogen) atoms. The molecule has 3 aromatic rings. The van der Waals surface area contributed by atoms with Crippen molar-refractivity contribution in [3.63, 3.8) is 0 Å². The van der Waals surface area contributed by atoms with Gasteiger partial charge in [-0.1, -0.05) is 73.3 Å². The minimum absolute atomic E-state index is 0.0117. The van der Waals surface area contributed by atoms with Gasteiger partial charge in [0.2, 0.25) is 0 Å². The van der Waals surface area contributed by atoms with Gasteiger partial charge in [-0.05, 0) is 60.4 Å². The highest BCUT2D eigenvalue weighted by molar-refractivity contribution is 6.30. The Balaban J connectivity index is 1.65. The summed E-state index contributed by atoms with van der Waals surface area (Å²) in [4.78, 5) is 12.5. The Labute approximate surface area is 171 Å². The Morgan fingerprint density at radius 1 is 0.786 bits per heavy atom. The van der Waals surface area contributed by atoms with Gasteiger partial charge in [-0.25, -0.2) is 4.79 Å². The average Bonchev–Trinajstić information content (AvgIpc) is 2.75. The zero-order valence-electron chi connectivity index (χ0n) is 15.7. The van der Waals surface area contributed by atoms with E-state index in [2.05, 4.69) is 36.4 Å². The lowest BCUT2D eigenvalue weighted by atomic mass is 9.65. The summed E-state index contributed by atoms with van der Waals surface area (Å²) in [5.74, 6) is 0.213. The van der Waals surface area contributed by atoms with Crippen molar-refractivity contribution in [2.45, 2.75) is 37.5 Å². The molecule has 0 unspecified atom stereocenters. The van der Waals surface area contributed by atoms with E-state index >= 15 is 0 Å². The highest BCUT2D eigenvalue weighted by Crippen LogP contribution is 2.45. The third-order valence-corrected chi connectivity index (χ3v) is 5.96. The minimum atomic E-state index is -0.369. The molecule has 1 aliphatic carbocycles. The highest BCUT2D eigenvalue weighted by Gasteiger charge is 2.35. The number of hydrogen-bond acceptors (Lipinski definition) is 2. The van der Waals surface area contributed by atoms with Crippen molar-refractivity contribution in [1.29, 1.82) is 0 Å². The summed E-state index contributed by atoms with van der Waals surface area (Å²) in [5, 5.41) is 0.598. The molecule has 0 radical (unpaired) electrons. The number of benzene rings is 3. The van der Waals surface area contributed by atoms with Gasteiger partial charge >= 0.3 is 5.97 Å². The van der Waals surface area contributed by atoms with Gasteiger partial charge < -0.3 is 4.74 Å². The molecular formula is C25H23ClO2. The number of carbonyl (C=O) groups excluding carboxylic acids is 1. The lowest BCUT2D eigenvalue weighted by Crippen LogP contribution is -2.30. The molecule has 1 aliphatic rings. The van der Waals surface area contributed by atoms with E-state index in [0.29, 0.717) is 16.3 Å². The first-order chi connectivity index (χ1) is 13.7. The second kappa shape index (κ2) is 8.20. The third kappa shape index (κ3) is 3.83.